The number of nitrogens with zero attached hydrogens (tertiary/aromatic N) is 1. The normalized spacial score (nSPS) is 18.6. The zero-order valence-electron chi connectivity index (χ0n) is 9.98. The van der Waals surface area contributed by atoms with Gasteiger partial charge in [0.05, 0.1) is 0 Å². The predicted molar refractivity (Wildman–Crippen MR) is 63.3 cm³/mol. The summed E-state index contributed by atoms with van der Waals surface area (Å²) in [5.74, 6) is 1.08. The fourth-order valence-corrected chi connectivity index (χ4v) is 2.39. The zero-order chi connectivity index (χ0) is 10.9. The van der Waals surface area contributed by atoms with E-state index < -0.39 is 0 Å². The number of H-pyrrole nitrogens is 1. The molecule has 1 aliphatic carbocycles. The Balaban J connectivity index is 2.26. The molecule has 2 N–H and O–H groups in total. The molecule has 0 saturated heterocycles. The molecule has 0 saturated carbocycles. The quantitative estimate of drug-likeness (QED) is 0.800. The van der Waals surface area contributed by atoms with Gasteiger partial charge in [-0.1, -0.05) is 20.8 Å². The van der Waals surface area contributed by atoms with Gasteiger partial charge >= 0.3 is 0 Å². The van der Waals surface area contributed by atoms with Crippen LogP contribution in [-0.4, -0.2) is 16.7 Å². The third-order valence-corrected chi connectivity index (χ3v) is 3.31. The number of hydrogen-bond acceptors (Lipinski definition) is 2. The monoisotopic (exact) mass is 207 g/mol. The number of anilines is 1. The molecule has 1 aromatic rings. The number of fused-ring (bicyclic) bond motifs is 1. The van der Waals surface area contributed by atoms with Crippen molar-refractivity contribution < 1.29 is 0 Å². The summed E-state index contributed by atoms with van der Waals surface area (Å²) in [5, 5.41) is 11.0. The van der Waals surface area contributed by atoms with Crippen molar-refractivity contribution in [2.75, 3.05) is 11.9 Å². The van der Waals surface area contributed by atoms with E-state index in [9.17, 15) is 0 Å². The van der Waals surface area contributed by atoms with Crippen molar-refractivity contribution >= 4 is 5.82 Å². The summed E-state index contributed by atoms with van der Waals surface area (Å²) in [4.78, 5) is 0. The van der Waals surface area contributed by atoms with E-state index in [-0.39, 0.29) is 5.41 Å². The van der Waals surface area contributed by atoms with Gasteiger partial charge in [-0.3, -0.25) is 5.10 Å². The molecule has 1 aromatic heterocycles. The van der Waals surface area contributed by atoms with Crippen LogP contribution < -0.4 is 5.32 Å². The Morgan fingerprint density at radius 1 is 1.47 bits per heavy atom. The topological polar surface area (TPSA) is 40.7 Å². The molecule has 0 fully saturated rings. The number of aromatic amines is 1. The van der Waals surface area contributed by atoms with E-state index >= 15 is 0 Å². The van der Waals surface area contributed by atoms with E-state index in [1.54, 1.807) is 0 Å². The molecule has 3 heteroatoms. The molecular formula is C12H21N3. The Morgan fingerprint density at radius 2 is 2.27 bits per heavy atom. The van der Waals surface area contributed by atoms with Crippen LogP contribution in [0, 0.1) is 0 Å². The van der Waals surface area contributed by atoms with Crippen molar-refractivity contribution in [1.82, 2.24) is 10.2 Å². The van der Waals surface area contributed by atoms with Gasteiger partial charge in [-0.2, -0.15) is 5.10 Å². The second kappa shape index (κ2) is 3.87. The first-order valence-corrected chi connectivity index (χ1v) is 5.96. The SMILES string of the molecule is CCCNc1n[nH]c2c1CCCC2(C)C. The maximum atomic E-state index is 4.39. The molecule has 0 unspecified atom stereocenters. The third kappa shape index (κ3) is 1.87. The summed E-state index contributed by atoms with van der Waals surface area (Å²) >= 11 is 0. The van der Waals surface area contributed by atoms with Crippen molar-refractivity contribution in [3.63, 3.8) is 0 Å². The molecular weight excluding hydrogens is 186 g/mol. The van der Waals surface area contributed by atoms with Crippen molar-refractivity contribution in [2.45, 2.75) is 51.9 Å². The highest BCUT2D eigenvalue weighted by atomic mass is 15.2. The predicted octanol–water partition coefficient (Wildman–Crippen LogP) is 2.85. The van der Waals surface area contributed by atoms with E-state index in [2.05, 4.69) is 36.3 Å². The molecule has 0 aromatic carbocycles. The summed E-state index contributed by atoms with van der Waals surface area (Å²) in [5.41, 5.74) is 3.03. The van der Waals surface area contributed by atoms with Gasteiger partial charge in [0.1, 0.15) is 0 Å². The van der Waals surface area contributed by atoms with Crippen LogP contribution in [0.15, 0.2) is 0 Å². The van der Waals surface area contributed by atoms with Gasteiger partial charge in [0, 0.05) is 23.2 Å². The molecule has 1 heterocycles. The van der Waals surface area contributed by atoms with Gasteiger partial charge in [0.25, 0.3) is 0 Å². The Hall–Kier alpha value is -0.990. The fraction of sp³-hybridized carbons (Fsp3) is 0.750. The summed E-state index contributed by atoms with van der Waals surface area (Å²) in [6, 6.07) is 0. The number of aromatic nitrogens is 2. The molecule has 0 aliphatic heterocycles. The van der Waals surface area contributed by atoms with Crippen LogP contribution in [0.5, 0.6) is 0 Å². The average molecular weight is 207 g/mol. The molecule has 0 amide bonds. The minimum Gasteiger partial charge on any atom is -0.368 e. The molecule has 84 valence electrons. The van der Waals surface area contributed by atoms with Crippen LogP contribution in [-0.2, 0) is 11.8 Å². The fourth-order valence-electron chi connectivity index (χ4n) is 2.39. The average Bonchev–Trinajstić information content (AvgIpc) is 2.59. The van der Waals surface area contributed by atoms with Gasteiger partial charge in [0.2, 0.25) is 0 Å². The van der Waals surface area contributed by atoms with Gasteiger partial charge in [0.15, 0.2) is 5.82 Å². The Kier molecular flexibility index (Phi) is 2.72. The van der Waals surface area contributed by atoms with Crippen molar-refractivity contribution in [2.24, 2.45) is 0 Å². The molecule has 0 radical (unpaired) electrons. The summed E-state index contributed by atoms with van der Waals surface area (Å²) < 4.78 is 0. The second-order valence-corrected chi connectivity index (χ2v) is 5.09. The second-order valence-electron chi connectivity index (χ2n) is 5.09. The maximum Gasteiger partial charge on any atom is 0.151 e. The van der Waals surface area contributed by atoms with Crippen molar-refractivity contribution in [1.29, 1.82) is 0 Å². The van der Waals surface area contributed by atoms with Crippen LogP contribution in [0.3, 0.4) is 0 Å². The van der Waals surface area contributed by atoms with E-state index in [0.29, 0.717) is 0 Å². The number of rotatable bonds is 3. The van der Waals surface area contributed by atoms with E-state index in [4.69, 9.17) is 0 Å². The van der Waals surface area contributed by atoms with E-state index in [1.165, 1.54) is 30.5 Å². The first-order chi connectivity index (χ1) is 7.15. The van der Waals surface area contributed by atoms with Crippen LogP contribution in [0.25, 0.3) is 0 Å². The lowest BCUT2D eigenvalue weighted by Crippen LogP contribution is -2.23. The lowest BCUT2D eigenvalue weighted by atomic mass is 9.76. The van der Waals surface area contributed by atoms with Crippen LogP contribution in [0.4, 0.5) is 5.82 Å². The van der Waals surface area contributed by atoms with Crippen molar-refractivity contribution in [3.05, 3.63) is 11.3 Å². The highest BCUT2D eigenvalue weighted by Crippen LogP contribution is 2.37. The molecule has 2 rings (SSSR count). The largest absolute Gasteiger partial charge is 0.368 e. The highest BCUT2D eigenvalue weighted by molar-refractivity contribution is 5.49. The molecule has 3 nitrogen and oxygen atoms in total. The summed E-state index contributed by atoms with van der Waals surface area (Å²) in [6.07, 6.45) is 4.85. The number of nitrogens with one attached hydrogen (secondary N) is 2. The Morgan fingerprint density at radius 3 is 3.00 bits per heavy atom. The first-order valence-electron chi connectivity index (χ1n) is 5.96. The molecule has 0 bridgehead atoms. The zero-order valence-corrected chi connectivity index (χ0v) is 9.98. The summed E-state index contributed by atoms with van der Waals surface area (Å²) in [6.45, 7) is 7.79. The smallest absolute Gasteiger partial charge is 0.151 e. The first kappa shape index (κ1) is 10.5. The number of hydrogen-bond donors (Lipinski definition) is 2. The van der Waals surface area contributed by atoms with Gasteiger partial charge in [-0.15, -0.1) is 0 Å². The molecule has 1 aliphatic rings. The Labute approximate surface area is 91.7 Å². The minimum absolute atomic E-state index is 0.271. The third-order valence-electron chi connectivity index (χ3n) is 3.31. The maximum absolute atomic E-state index is 4.39. The van der Waals surface area contributed by atoms with Gasteiger partial charge < -0.3 is 5.32 Å². The lowest BCUT2D eigenvalue weighted by molar-refractivity contribution is 0.420. The van der Waals surface area contributed by atoms with Gasteiger partial charge in [-0.05, 0) is 25.7 Å². The van der Waals surface area contributed by atoms with Crippen LogP contribution in [0.2, 0.25) is 0 Å². The standard InChI is InChI=1S/C12H21N3/c1-4-8-13-11-9-6-5-7-12(2,3)10(9)14-15-11/h4-8H2,1-3H3,(H2,13,14,15). The van der Waals surface area contributed by atoms with E-state index in [0.717, 1.165) is 18.8 Å². The lowest BCUT2D eigenvalue weighted by Gasteiger charge is -2.29. The summed E-state index contributed by atoms with van der Waals surface area (Å²) in [7, 11) is 0. The Bertz CT molecular complexity index is 339. The molecule has 15 heavy (non-hydrogen) atoms. The van der Waals surface area contributed by atoms with Crippen molar-refractivity contribution in [3.8, 4) is 0 Å². The van der Waals surface area contributed by atoms with E-state index in [1.807, 2.05) is 0 Å². The van der Waals surface area contributed by atoms with Crippen LogP contribution >= 0.6 is 0 Å². The van der Waals surface area contributed by atoms with Gasteiger partial charge in [-0.25, -0.2) is 0 Å². The highest BCUT2D eigenvalue weighted by Gasteiger charge is 2.31. The van der Waals surface area contributed by atoms with Crippen LogP contribution in [0.1, 0.15) is 51.3 Å². The molecule has 0 spiro atoms. The minimum atomic E-state index is 0.271. The molecule has 0 atom stereocenters.